The molecule has 0 radical (unpaired) electrons. The highest BCUT2D eigenvalue weighted by atomic mass is 16.7. The summed E-state index contributed by atoms with van der Waals surface area (Å²) in [5, 5.41) is 59.8. The SMILES string of the molecule is Cc1cc2c(c(O)c1OC(OC(O)COC(=O)CC(=O)O)C(O)C(C)O)C(=O)c1c(O)cccc1C2=O. The monoisotopic (exact) mass is 520 g/mol. The number of aliphatic hydroxyl groups is 3. The lowest BCUT2D eigenvalue weighted by Gasteiger charge is -2.29. The molecule has 0 bridgehead atoms. The van der Waals surface area contributed by atoms with Crippen LogP contribution in [0, 0.1) is 6.92 Å². The van der Waals surface area contributed by atoms with E-state index < -0.39 is 84.1 Å². The molecule has 0 aromatic heterocycles. The van der Waals surface area contributed by atoms with Gasteiger partial charge in [0.25, 0.3) is 0 Å². The van der Waals surface area contributed by atoms with Gasteiger partial charge in [0.1, 0.15) is 24.9 Å². The van der Waals surface area contributed by atoms with Crippen molar-refractivity contribution in [2.24, 2.45) is 0 Å². The lowest BCUT2D eigenvalue weighted by atomic mass is 9.82. The van der Waals surface area contributed by atoms with Gasteiger partial charge in [-0.05, 0) is 31.5 Å². The van der Waals surface area contributed by atoms with Crippen LogP contribution in [0.5, 0.6) is 17.2 Å². The second-order valence-electron chi connectivity index (χ2n) is 8.21. The Bertz CT molecular complexity index is 1250. The highest BCUT2D eigenvalue weighted by Crippen LogP contribution is 2.43. The molecule has 3 rings (SSSR count). The first-order valence-electron chi connectivity index (χ1n) is 10.8. The minimum Gasteiger partial charge on any atom is -0.507 e. The van der Waals surface area contributed by atoms with E-state index in [4.69, 9.17) is 14.6 Å². The Labute approximate surface area is 209 Å². The fourth-order valence-electron chi connectivity index (χ4n) is 3.63. The minimum absolute atomic E-state index is 0.0590. The van der Waals surface area contributed by atoms with Gasteiger partial charge in [-0.2, -0.15) is 0 Å². The van der Waals surface area contributed by atoms with E-state index in [0.29, 0.717) is 0 Å². The lowest BCUT2D eigenvalue weighted by Crippen LogP contribution is -2.44. The third-order valence-electron chi connectivity index (χ3n) is 5.41. The van der Waals surface area contributed by atoms with Crippen molar-refractivity contribution >= 4 is 23.5 Å². The van der Waals surface area contributed by atoms with Crippen LogP contribution >= 0.6 is 0 Å². The number of hydrogen-bond donors (Lipinski definition) is 6. The van der Waals surface area contributed by atoms with Gasteiger partial charge >= 0.3 is 11.9 Å². The maximum absolute atomic E-state index is 13.1. The van der Waals surface area contributed by atoms with E-state index in [1.807, 2.05) is 0 Å². The molecule has 6 N–H and O–H groups in total. The van der Waals surface area contributed by atoms with Crippen LogP contribution < -0.4 is 4.74 Å². The number of carboxylic acids is 1. The van der Waals surface area contributed by atoms with Crippen molar-refractivity contribution in [3.05, 3.63) is 52.1 Å². The number of ether oxygens (including phenoxy) is 3. The van der Waals surface area contributed by atoms with Crippen molar-refractivity contribution in [3.8, 4) is 17.2 Å². The zero-order valence-electron chi connectivity index (χ0n) is 19.6. The molecule has 0 saturated heterocycles. The molecule has 0 saturated carbocycles. The van der Waals surface area contributed by atoms with Crippen molar-refractivity contribution in [2.45, 2.75) is 45.1 Å². The number of carboxylic acid groups (broad SMARTS) is 1. The summed E-state index contributed by atoms with van der Waals surface area (Å²) in [5.41, 5.74) is -0.913. The van der Waals surface area contributed by atoms with Gasteiger partial charge in [-0.1, -0.05) is 12.1 Å². The molecular weight excluding hydrogens is 496 g/mol. The number of aromatic hydroxyl groups is 2. The number of carbonyl (C=O) groups excluding carboxylic acids is 3. The second-order valence-corrected chi connectivity index (χ2v) is 8.21. The summed E-state index contributed by atoms with van der Waals surface area (Å²) in [6, 6.07) is 5.18. The fraction of sp³-hybridized carbons (Fsp3) is 0.333. The molecule has 1 aliphatic rings. The zero-order chi connectivity index (χ0) is 27.6. The number of esters is 1. The van der Waals surface area contributed by atoms with Crippen LogP contribution in [0.4, 0.5) is 0 Å². The first-order valence-corrected chi connectivity index (χ1v) is 10.8. The maximum atomic E-state index is 13.1. The van der Waals surface area contributed by atoms with E-state index in [9.17, 15) is 44.7 Å². The van der Waals surface area contributed by atoms with E-state index in [1.54, 1.807) is 0 Å². The smallest absolute Gasteiger partial charge is 0.317 e. The largest absolute Gasteiger partial charge is 0.507 e. The molecule has 0 spiro atoms. The molecule has 2 aromatic carbocycles. The van der Waals surface area contributed by atoms with Gasteiger partial charge in [0, 0.05) is 11.1 Å². The molecule has 4 atom stereocenters. The fourth-order valence-corrected chi connectivity index (χ4v) is 3.63. The maximum Gasteiger partial charge on any atom is 0.317 e. The Morgan fingerprint density at radius 2 is 1.68 bits per heavy atom. The van der Waals surface area contributed by atoms with Gasteiger partial charge in [-0.3, -0.25) is 19.2 Å². The van der Waals surface area contributed by atoms with Gasteiger partial charge in [-0.25, -0.2) is 0 Å². The van der Waals surface area contributed by atoms with E-state index in [0.717, 1.165) is 6.92 Å². The van der Waals surface area contributed by atoms with Crippen molar-refractivity contribution in [3.63, 3.8) is 0 Å². The number of aliphatic hydroxyl groups excluding tert-OH is 3. The summed E-state index contributed by atoms with van der Waals surface area (Å²) >= 11 is 0. The van der Waals surface area contributed by atoms with E-state index in [-0.39, 0.29) is 22.3 Å². The second kappa shape index (κ2) is 10.9. The normalized spacial score (nSPS) is 15.7. The Kier molecular flexibility index (Phi) is 8.13. The van der Waals surface area contributed by atoms with Crippen molar-refractivity contribution in [1.29, 1.82) is 0 Å². The Morgan fingerprint density at radius 1 is 1.00 bits per heavy atom. The minimum atomic E-state index is -1.97. The molecule has 198 valence electrons. The van der Waals surface area contributed by atoms with Crippen LogP contribution in [0.2, 0.25) is 0 Å². The molecule has 2 aromatic rings. The highest BCUT2D eigenvalue weighted by Gasteiger charge is 2.38. The number of ketones is 2. The van der Waals surface area contributed by atoms with Crippen LogP contribution in [-0.4, -0.2) is 85.5 Å². The van der Waals surface area contributed by atoms with Crippen molar-refractivity contribution in [2.75, 3.05) is 6.61 Å². The van der Waals surface area contributed by atoms with Crippen LogP contribution in [0.15, 0.2) is 24.3 Å². The summed E-state index contributed by atoms with van der Waals surface area (Å²) in [7, 11) is 0. The van der Waals surface area contributed by atoms with Gasteiger partial charge in [0.2, 0.25) is 12.1 Å². The summed E-state index contributed by atoms with van der Waals surface area (Å²) in [4.78, 5) is 48.0. The quantitative estimate of drug-likeness (QED) is 0.118. The summed E-state index contributed by atoms with van der Waals surface area (Å²) in [6.45, 7) is 1.70. The van der Waals surface area contributed by atoms with Gasteiger partial charge in [0.05, 0.1) is 17.2 Å². The molecule has 37 heavy (non-hydrogen) atoms. The number of aliphatic carboxylic acids is 1. The molecule has 13 nitrogen and oxygen atoms in total. The van der Waals surface area contributed by atoms with Crippen LogP contribution in [0.25, 0.3) is 0 Å². The van der Waals surface area contributed by atoms with E-state index >= 15 is 0 Å². The Morgan fingerprint density at radius 3 is 2.30 bits per heavy atom. The third-order valence-corrected chi connectivity index (χ3v) is 5.41. The van der Waals surface area contributed by atoms with Gasteiger partial charge < -0.3 is 44.8 Å². The average molecular weight is 520 g/mol. The summed E-state index contributed by atoms with van der Waals surface area (Å²) in [6.07, 6.45) is -8.20. The molecule has 0 amide bonds. The highest BCUT2D eigenvalue weighted by molar-refractivity contribution is 6.30. The topological polar surface area (TPSA) is 217 Å². The average Bonchev–Trinajstić information content (AvgIpc) is 2.81. The number of fused-ring (bicyclic) bond motifs is 2. The number of phenols is 2. The van der Waals surface area contributed by atoms with E-state index in [2.05, 4.69) is 4.74 Å². The molecule has 4 unspecified atom stereocenters. The van der Waals surface area contributed by atoms with Crippen LogP contribution in [-0.2, 0) is 19.1 Å². The first-order chi connectivity index (χ1) is 17.3. The summed E-state index contributed by atoms with van der Waals surface area (Å²) < 4.78 is 15.2. The predicted molar refractivity (Wildman–Crippen MR) is 120 cm³/mol. The predicted octanol–water partition coefficient (Wildman–Crippen LogP) is -0.0189. The number of phenolic OH excluding ortho intramolecular Hbond substituents is 2. The zero-order valence-corrected chi connectivity index (χ0v) is 19.6. The van der Waals surface area contributed by atoms with Crippen LogP contribution in [0.1, 0.15) is 50.8 Å². The van der Waals surface area contributed by atoms with Crippen LogP contribution in [0.3, 0.4) is 0 Å². The number of carbonyl (C=O) groups is 4. The van der Waals surface area contributed by atoms with E-state index in [1.165, 1.54) is 31.2 Å². The third kappa shape index (κ3) is 5.70. The Hall–Kier alpha value is -4.04. The number of hydrogen-bond acceptors (Lipinski definition) is 12. The molecule has 1 aliphatic carbocycles. The first kappa shape index (κ1) is 27.5. The van der Waals surface area contributed by atoms with Crippen molar-refractivity contribution < 1.29 is 64.0 Å². The standard InChI is InChI=1S/C24H24O13/c1-9-6-12-18(21(33)17-11(20(12)32)4-3-5-13(17)26)22(34)23(9)37-24(19(31)10(2)25)36-16(30)8-35-15(29)7-14(27)28/h3-6,10,16,19,24-26,30-31,34H,7-8H2,1-2H3,(H,27,28). The number of rotatable bonds is 10. The Balaban J connectivity index is 1.92. The number of benzene rings is 2. The molecule has 0 fully saturated rings. The summed E-state index contributed by atoms with van der Waals surface area (Å²) in [5.74, 6) is -5.90. The molecule has 13 heteroatoms. The van der Waals surface area contributed by atoms with Gasteiger partial charge in [-0.15, -0.1) is 0 Å². The van der Waals surface area contributed by atoms with Gasteiger partial charge in [0.15, 0.2) is 23.6 Å². The number of aryl methyl sites for hydroxylation is 1. The molecule has 0 heterocycles. The molecule has 0 aliphatic heterocycles. The molecular formula is C24H24O13. The lowest BCUT2D eigenvalue weighted by molar-refractivity contribution is -0.252. The van der Waals surface area contributed by atoms with Crippen molar-refractivity contribution in [1.82, 2.24) is 0 Å².